The molecule has 152 valence electrons. The number of carbonyl (C=O) groups excluding carboxylic acids is 4. The van der Waals surface area contributed by atoms with Crippen LogP contribution in [0.15, 0.2) is 60.7 Å². The Bertz CT molecular complexity index is 1020. The number of hydrogen-bond donors (Lipinski definition) is 2. The summed E-state index contributed by atoms with van der Waals surface area (Å²) in [6.45, 7) is 1.42. The van der Waals surface area contributed by atoms with Crippen molar-refractivity contribution in [2.45, 2.75) is 19.8 Å². The summed E-state index contributed by atoms with van der Waals surface area (Å²) in [5.41, 5.74) is 2.11. The van der Waals surface area contributed by atoms with Crippen molar-refractivity contribution in [1.29, 1.82) is 0 Å². The van der Waals surface area contributed by atoms with Gasteiger partial charge in [0.15, 0.2) is 0 Å². The molecule has 4 amide bonds. The summed E-state index contributed by atoms with van der Waals surface area (Å²) in [6.07, 6.45) is 5.08. The SMILES string of the molecule is CC(=O)Nc1ccc(NC(=O)c2ccc(N3C(=O)C4CC=CCC4C3=O)cc2)cc1. The smallest absolute Gasteiger partial charge is 0.255 e. The maximum atomic E-state index is 12.7. The molecule has 7 nitrogen and oxygen atoms in total. The molecule has 7 heteroatoms. The van der Waals surface area contributed by atoms with Gasteiger partial charge in [-0.05, 0) is 61.4 Å². The van der Waals surface area contributed by atoms with E-state index in [9.17, 15) is 19.2 Å². The molecule has 0 bridgehead atoms. The zero-order valence-electron chi connectivity index (χ0n) is 16.4. The highest BCUT2D eigenvalue weighted by Gasteiger charge is 2.47. The molecule has 0 aromatic heterocycles. The first-order valence-electron chi connectivity index (χ1n) is 9.76. The van der Waals surface area contributed by atoms with Crippen LogP contribution in [0.5, 0.6) is 0 Å². The second-order valence-electron chi connectivity index (χ2n) is 7.43. The standard InChI is InChI=1S/C23H21N3O4/c1-14(27)24-16-8-10-17(11-9-16)25-21(28)15-6-12-18(13-7-15)26-22(29)19-4-2-3-5-20(19)23(26)30/h2-3,6-13,19-20H,4-5H2,1H3,(H,24,27)(H,25,28). The van der Waals surface area contributed by atoms with Crippen molar-refractivity contribution in [2.75, 3.05) is 15.5 Å². The maximum absolute atomic E-state index is 12.7. The summed E-state index contributed by atoms with van der Waals surface area (Å²) in [7, 11) is 0. The average Bonchev–Trinajstić information content (AvgIpc) is 3.00. The van der Waals surface area contributed by atoms with E-state index in [1.54, 1.807) is 48.5 Å². The minimum atomic E-state index is -0.314. The van der Waals surface area contributed by atoms with Crippen molar-refractivity contribution in [2.24, 2.45) is 11.8 Å². The first-order chi connectivity index (χ1) is 14.4. The molecule has 0 spiro atoms. The van der Waals surface area contributed by atoms with E-state index in [2.05, 4.69) is 10.6 Å². The average molecular weight is 403 g/mol. The van der Waals surface area contributed by atoms with Crippen LogP contribution < -0.4 is 15.5 Å². The monoisotopic (exact) mass is 403 g/mol. The molecule has 4 rings (SSSR count). The van der Waals surface area contributed by atoms with Crippen molar-refractivity contribution in [3.05, 3.63) is 66.2 Å². The van der Waals surface area contributed by atoms with Crippen LogP contribution in [0.1, 0.15) is 30.1 Å². The van der Waals surface area contributed by atoms with Crippen LogP contribution in [0.25, 0.3) is 0 Å². The minimum absolute atomic E-state index is 0.169. The number of rotatable bonds is 4. The minimum Gasteiger partial charge on any atom is -0.326 e. The van der Waals surface area contributed by atoms with E-state index in [1.165, 1.54) is 11.8 Å². The van der Waals surface area contributed by atoms with Crippen molar-refractivity contribution in [1.82, 2.24) is 0 Å². The Morgan fingerprint density at radius 3 is 1.80 bits per heavy atom. The number of hydrogen-bond acceptors (Lipinski definition) is 4. The molecule has 2 N–H and O–H groups in total. The van der Waals surface area contributed by atoms with E-state index in [-0.39, 0.29) is 35.5 Å². The number of imide groups is 1. The Kier molecular flexibility index (Phi) is 5.18. The van der Waals surface area contributed by atoms with Gasteiger partial charge in [0.05, 0.1) is 17.5 Å². The Hall–Kier alpha value is -3.74. The third-order valence-corrected chi connectivity index (χ3v) is 5.36. The summed E-state index contributed by atoms with van der Waals surface area (Å²) in [4.78, 5) is 50.2. The topological polar surface area (TPSA) is 95.6 Å². The summed E-state index contributed by atoms with van der Waals surface area (Å²) in [6, 6.07) is 13.2. The molecule has 1 aliphatic heterocycles. The third-order valence-electron chi connectivity index (χ3n) is 5.36. The number of benzene rings is 2. The lowest BCUT2D eigenvalue weighted by atomic mass is 9.85. The van der Waals surface area contributed by atoms with E-state index in [0.29, 0.717) is 35.5 Å². The summed E-state index contributed by atoms with van der Waals surface area (Å²) in [5.74, 6) is -1.41. The lowest BCUT2D eigenvalue weighted by Gasteiger charge is -2.15. The highest BCUT2D eigenvalue weighted by atomic mass is 16.2. The fourth-order valence-corrected chi connectivity index (χ4v) is 3.86. The lowest BCUT2D eigenvalue weighted by molar-refractivity contribution is -0.122. The normalized spacial score (nSPS) is 20.1. The molecule has 2 aromatic carbocycles. The van der Waals surface area contributed by atoms with Crippen LogP contribution >= 0.6 is 0 Å². The van der Waals surface area contributed by atoms with E-state index in [1.807, 2.05) is 12.2 Å². The molecule has 2 atom stereocenters. The molecule has 30 heavy (non-hydrogen) atoms. The van der Waals surface area contributed by atoms with Gasteiger partial charge in [-0.25, -0.2) is 0 Å². The molecule has 2 aromatic rings. The summed E-state index contributed by atoms with van der Waals surface area (Å²) in [5, 5.41) is 5.44. The van der Waals surface area contributed by atoms with Crippen LogP contribution in [0.4, 0.5) is 17.1 Å². The first kappa shape index (κ1) is 19.6. The Balaban J connectivity index is 1.44. The van der Waals surface area contributed by atoms with Gasteiger partial charge in [-0.1, -0.05) is 12.2 Å². The van der Waals surface area contributed by atoms with Gasteiger partial charge >= 0.3 is 0 Å². The van der Waals surface area contributed by atoms with Gasteiger partial charge in [-0.2, -0.15) is 0 Å². The molecular weight excluding hydrogens is 382 g/mol. The van der Waals surface area contributed by atoms with E-state index >= 15 is 0 Å². The highest BCUT2D eigenvalue weighted by molar-refractivity contribution is 6.22. The first-order valence-corrected chi connectivity index (χ1v) is 9.76. The van der Waals surface area contributed by atoms with Gasteiger partial charge in [0.1, 0.15) is 0 Å². The zero-order chi connectivity index (χ0) is 21.3. The van der Waals surface area contributed by atoms with Gasteiger partial charge in [0.25, 0.3) is 5.91 Å². The van der Waals surface area contributed by atoms with Crippen molar-refractivity contribution in [3.8, 4) is 0 Å². The van der Waals surface area contributed by atoms with Crippen LogP contribution in [-0.4, -0.2) is 23.6 Å². The predicted octanol–water partition coefficient (Wildman–Crippen LogP) is 3.35. The summed E-state index contributed by atoms with van der Waals surface area (Å²) >= 11 is 0. The molecular formula is C23H21N3O4. The Morgan fingerprint density at radius 1 is 0.800 bits per heavy atom. The van der Waals surface area contributed by atoms with E-state index < -0.39 is 0 Å². The van der Waals surface area contributed by atoms with Crippen LogP contribution in [0.3, 0.4) is 0 Å². The Morgan fingerprint density at radius 2 is 1.30 bits per heavy atom. The lowest BCUT2D eigenvalue weighted by Crippen LogP contribution is -2.30. The van der Waals surface area contributed by atoms with Gasteiger partial charge < -0.3 is 10.6 Å². The number of fused-ring (bicyclic) bond motifs is 1. The van der Waals surface area contributed by atoms with E-state index in [4.69, 9.17) is 0 Å². The maximum Gasteiger partial charge on any atom is 0.255 e. The number of nitrogens with one attached hydrogen (secondary N) is 2. The van der Waals surface area contributed by atoms with Crippen LogP contribution in [0, 0.1) is 11.8 Å². The van der Waals surface area contributed by atoms with Gasteiger partial charge in [-0.15, -0.1) is 0 Å². The number of allylic oxidation sites excluding steroid dienone is 2. The number of carbonyl (C=O) groups is 4. The molecule has 1 fully saturated rings. The highest BCUT2D eigenvalue weighted by Crippen LogP contribution is 2.37. The number of nitrogens with zero attached hydrogens (tertiary/aromatic N) is 1. The quantitative estimate of drug-likeness (QED) is 0.604. The number of amides is 4. The molecule has 2 unspecified atom stereocenters. The van der Waals surface area contributed by atoms with Crippen LogP contribution in [0.2, 0.25) is 0 Å². The molecule has 1 heterocycles. The van der Waals surface area contributed by atoms with Crippen molar-refractivity contribution >= 4 is 40.7 Å². The van der Waals surface area contributed by atoms with Crippen LogP contribution in [-0.2, 0) is 14.4 Å². The molecule has 0 radical (unpaired) electrons. The van der Waals surface area contributed by atoms with Crippen molar-refractivity contribution < 1.29 is 19.2 Å². The fourth-order valence-electron chi connectivity index (χ4n) is 3.86. The third kappa shape index (κ3) is 3.74. The van der Waals surface area contributed by atoms with Crippen molar-refractivity contribution in [3.63, 3.8) is 0 Å². The molecule has 1 aliphatic carbocycles. The van der Waals surface area contributed by atoms with E-state index in [0.717, 1.165) is 0 Å². The zero-order valence-corrected chi connectivity index (χ0v) is 16.4. The molecule has 2 aliphatic rings. The largest absolute Gasteiger partial charge is 0.326 e. The van der Waals surface area contributed by atoms with Gasteiger partial charge in [0.2, 0.25) is 17.7 Å². The summed E-state index contributed by atoms with van der Waals surface area (Å²) < 4.78 is 0. The van der Waals surface area contributed by atoms with Gasteiger partial charge in [0, 0.05) is 23.9 Å². The molecule has 1 saturated heterocycles. The molecule has 0 saturated carbocycles. The Labute approximate surface area is 173 Å². The fraction of sp³-hybridized carbons (Fsp3) is 0.217. The predicted molar refractivity (Wildman–Crippen MR) is 113 cm³/mol. The second kappa shape index (κ2) is 7.94. The second-order valence-corrected chi connectivity index (χ2v) is 7.43. The van der Waals surface area contributed by atoms with Gasteiger partial charge in [-0.3, -0.25) is 24.1 Å². The number of anilines is 3.